The van der Waals surface area contributed by atoms with Crippen molar-refractivity contribution in [1.29, 1.82) is 0 Å². The van der Waals surface area contributed by atoms with Crippen LogP contribution in [0.2, 0.25) is 0 Å². The van der Waals surface area contributed by atoms with E-state index in [1.54, 1.807) is 54.0 Å². The molecule has 0 fully saturated rings. The van der Waals surface area contributed by atoms with Crippen LogP contribution < -0.4 is 20.5 Å². The molecule has 0 spiro atoms. The van der Waals surface area contributed by atoms with Crippen molar-refractivity contribution in [3.05, 3.63) is 59.4 Å². The van der Waals surface area contributed by atoms with Gasteiger partial charge in [0, 0.05) is 43.5 Å². The van der Waals surface area contributed by atoms with Crippen LogP contribution in [-0.4, -0.2) is 50.3 Å². The maximum Gasteiger partial charge on any atom is 0.333 e. The molecule has 10 nitrogen and oxygen atoms in total. The lowest BCUT2D eigenvalue weighted by Gasteiger charge is -2.11. The number of aryl methyl sites for hydroxylation is 1. The first-order chi connectivity index (χ1) is 16.0. The Bertz CT molecular complexity index is 1560. The van der Waals surface area contributed by atoms with Crippen molar-refractivity contribution in [1.82, 2.24) is 29.1 Å². The van der Waals surface area contributed by atoms with Crippen LogP contribution in [0, 0.1) is 0 Å². The summed E-state index contributed by atoms with van der Waals surface area (Å²) < 4.78 is 13.8. The van der Waals surface area contributed by atoms with Crippen LogP contribution in [-0.2, 0) is 7.05 Å². The van der Waals surface area contributed by atoms with E-state index in [1.807, 2.05) is 18.2 Å². The molecule has 0 amide bonds. The van der Waals surface area contributed by atoms with Gasteiger partial charge in [0.15, 0.2) is 0 Å². The maximum absolute atomic E-state index is 13.3. The van der Waals surface area contributed by atoms with Crippen molar-refractivity contribution >= 4 is 27.9 Å². The molecule has 0 aliphatic rings. The quantitative estimate of drug-likeness (QED) is 0.442. The van der Waals surface area contributed by atoms with Gasteiger partial charge in [-0.2, -0.15) is 4.98 Å². The number of nitrogens with one attached hydrogen (secondary N) is 1. The molecule has 4 aromatic heterocycles. The number of ether oxygens (including phenoxy) is 2. The number of fused-ring (bicyclic) bond motifs is 3. The summed E-state index contributed by atoms with van der Waals surface area (Å²) in [4.78, 5) is 30.9. The highest BCUT2D eigenvalue weighted by Crippen LogP contribution is 2.32. The Morgan fingerprint density at radius 1 is 0.939 bits per heavy atom. The van der Waals surface area contributed by atoms with Crippen LogP contribution in [0.25, 0.3) is 38.8 Å². The van der Waals surface area contributed by atoms with Gasteiger partial charge in [-0.3, -0.25) is 14.1 Å². The number of nitrogens with zero attached hydrogens (tertiary/aromatic N) is 6. The Balaban J connectivity index is 1.82. The zero-order chi connectivity index (χ0) is 23.1. The van der Waals surface area contributed by atoms with Crippen LogP contribution in [0.15, 0.2) is 53.7 Å². The van der Waals surface area contributed by atoms with Crippen molar-refractivity contribution in [2.45, 2.75) is 0 Å². The molecule has 0 aliphatic carbocycles. The third-order valence-electron chi connectivity index (χ3n) is 5.55. The second kappa shape index (κ2) is 7.90. The lowest BCUT2D eigenvalue weighted by atomic mass is 10.1. The smallest absolute Gasteiger partial charge is 0.333 e. The minimum Gasteiger partial charge on any atom is -0.481 e. The van der Waals surface area contributed by atoms with Gasteiger partial charge < -0.3 is 14.8 Å². The van der Waals surface area contributed by atoms with E-state index < -0.39 is 0 Å². The van der Waals surface area contributed by atoms with Crippen molar-refractivity contribution in [3.63, 3.8) is 0 Å². The van der Waals surface area contributed by atoms with E-state index in [-0.39, 0.29) is 11.6 Å². The number of aromatic nitrogens is 6. The normalized spacial score (nSPS) is 11.2. The molecule has 0 atom stereocenters. The summed E-state index contributed by atoms with van der Waals surface area (Å²) in [7, 11) is 6.52. The highest BCUT2D eigenvalue weighted by Gasteiger charge is 2.20. The lowest BCUT2D eigenvalue weighted by molar-refractivity contribution is 0.363. The zero-order valence-electron chi connectivity index (χ0n) is 18.5. The third kappa shape index (κ3) is 3.23. The van der Waals surface area contributed by atoms with Gasteiger partial charge in [-0.05, 0) is 23.8 Å². The van der Waals surface area contributed by atoms with Gasteiger partial charge in [0.05, 0.1) is 37.0 Å². The topological polar surface area (TPSA) is 109 Å². The molecule has 0 saturated heterocycles. The molecule has 5 aromatic rings. The molecule has 33 heavy (non-hydrogen) atoms. The maximum atomic E-state index is 13.3. The average molecular weight is 443 g/mol. The molecule has 1 aromatic carbocycles. The zero-order valence-corrected chi connectivity index (χ0v) is 18.5. The Morgan fingerprint density at radius 2 is 1.73 bits per heavy atom. The Hall–Kier alpha value is -4.47. The van der Waals surface area contributed by atoms with Crippen molar-refractivity contribution in [2.75, 3.05) is 26.6 Å². The average Bonchev–Trinajstić information content (AvgIpc) is 3.13. The molecule has 0 radical (unpaired) electrons. The Kier molecular flexibility index (Phi) is 4.89. The van der Waals surface area contributed by atoms with E-state index in [2.05, 4.69) is 25.3 Å². The first-order valence-electron chi connectivity index (χ1n) is 10.2. The van der Waals surface area contributed by atoms with Crippen molar-refractivity contribution in [3.8, 4) is 28.6 Å². The molecular formula is C23H21N7O3. The fourth-order valence-corrected chi connectivity index (χ4v) is 3.86. The lowest BCUT2D eigenvalue weighted by Crippen LogP contribution is -2.21. The number of hydrogen-bond donors (Lipinski definition) is 1. The van der Waals surface area contributed by atoms with E-state index in [0.717, 1.165) is 22.0 Å². The first-order valence-corrected chi connectivity index (χ1v) is 10.2. The van der Waals surface area contributed by atoms with Gasteiger partial charge in [-0.15, -0.1) is 0 Å². The number of anilines is 1. The standard InChI is InChI=1S/C23H21N7O3/c1-24-22-26-10-14(11-27-22)13-5-6-16-15(9-13)20-18(12-25-16)29(2)23(31)30(20)17-7-8-19(32-3)28-21(17)33-4/h5-12H,1-4H3,(H,24,26,27). The largest absolute Gasteiger partial charge is 0.481 e. The highest BCUT2D eigenvalue weighted by atomic mass is 16.5. The monoisotopic (exact) mass is 443 g/mol. The number of benzene rings is 1. The summed E-state index contributed by atoms with van der Waals surface area (Å²) in [5.41, 5.74) is 4.16. The van der Waals surface area contributed by atoms with Gasteiger partial charge >= 0.3 is 5.69 Å². The van der Waals surface area contributed by atoms with Gasteiger partial charge in [-0.25, -0.2) is 14.8 Å². The minimum atomic E-state index is -0.239. The summed E-state index contributed by atoms with van der Waals surface area (Å²) in [6, 6.07) is 9.31. The molecular weight excluding hydrogens is 422 g/mol. The minimum absolute atomic E-state index is 0.239. The summed E-state index contributed by atoms with van der Waals surface area (Å²) in [6.45, 7) is 0. The summed E-state index contributed by atoms with van der Waals surface area (Å²) in [5.74, 6) is 1.21. The van der Waals surface area contributed by atoms with Gasteiger partial charge in [0.25, 0.3) is 0 Å². The summed E-state index contributed by atoms with van der Waals surface area (Å²) >= 11 is 0. The van der Waals surface area contributed by atoms with Crippen molar-refractivity contribution < 1.29 is 9.47 Å². The second-order valence-corrected chi connectivity index (χ2v) is 7.33. The number of methoxy groups -OCH3 is 2. The third-order valence-corrected chi connectivity index (χ3v) is 5.55. The molecule has 0 unspecified atom stereocenters. The summed E-state index contributed by atoms with van der Waals surface area (Å²) in [5, 5.41) is 3.72. The number of hydrogen-bond acceptors (Lipinski definition) is 8. The van der Waals surface area contributed by atoms with Gasteiger partial charge in [-0.1, -0.05) is 6.07 Å². The van der Waals surface area contributed by atoms with E-state index in [4.69, 9.17) is 9.47 Å². The molecule has 4 heterocycles. The molecule has 5 rings (SSSR count). The number of imidazole rings is 1. The molecule has 166 valence electrons. The number of pyridine rings is 2. The van der Waals surface area contributed by atoms with Crippen LogP contribution in [0.1, 0.15) is 0 Å². The number of rotatable bonds is 5. The van der Waals surface area contributed by atoms with E-state index in [0.29, 0.717) is 28.5 Å². The molecule has 10 heteroatoms. The molecule has 0 saturated carbocycles. The van der Waals surface area contributed by atoms with Crippen LogP contribution in [0.5, 0.6) is 11.8 Å². The predicted molar refractivity (Wildman–Crippen MR) is 125 cm³/mol. The summed E-state index contributed by atoms with van der Waals surface area (Å²) in [6.07, 6.45) is 5.20. The Labute approximate surface area is 188 Å². The van der Waals surface area contributed by atoms with E-state index in [1.165, 1.54) is 14.2 Å². The van der Waals surface area contributed by atoms with Crippen LogP contribution in [0.4, 0.5) is 5.95 Å². The van der Waals surface area contributed by atoms with E-state index >= 15 is 0 Å². The van der Waals surface area contributed by atoms with Gasteiger partial charge in [0.2, 0.25) is 17.7 Å². The Morgan fingerprint density at radius 3 is 2.42 bits per heavy atom. The molecule has 1 N–H and O–H groups in total. The molecule has 0 bridgehead atoms. The fourth-order valence-electron chi connectivity index (χ4n) is 3.86. The fraction of sp³-hybridized carbons (Fsp3) is 0.174. The first kappa shape index (κ1) is 20.4. The van der Waals surface area contributed by atoms with Crippen LogP contribution >= 0.6 is 0 Å². The second-order valence-electron chi connectivity index (χ2n) is 7.33. The predicted octanol–water partition coefficient (Wildman–Crippen LogP) is 2.79. The SMILES string of the molecule is CNc1ncc(-c2ccc3ncc4c(c3c2)n(-c2ccc(OC)nc2OC)c(=O)n4C)cn1. The van der Waals surface area contributed by atoms with Crippen molar-refractivity contribution in [2.24, 2.45) is 7.05 Å². The van der Waals surface area contributed by atoms with Gasteiger partial charge in [0.1, 0.15) is 5.69 Å². The highest BCUT2D eigenvalue weighted by molar-refractivity contribution is 6.04. The van der Waals surface area contributed by atoms with E-state index in [9.17, 15) is 4.79 Å². The molecule has 0 aliphatic heterocycles. The van der Waals surface area contributed by atoms with Crippen LogP contribution in [0.3, 0.4) is 0 Å².